The Kier molecular flexibility index (Phi) is 12.1. The summed E-state index contributed by atoms with van der Waals surface area (Å²) in [7, 11) is 1.62. The van der Waals surface area contributed by atoms with Crippen LogP contribution in [0.4, 0.5) is 30.5 Å². The third-order valence-corrected chi connectivity index (χ3v) is 5.33. The van der Waals surface area contributed by atoms with Crippen molar-refractivity contribution in [2.45, 2.75) is 46.7 Å². The minimum atomic E-state index is -5.08. The molecule has 1 saturated carbocycles. The second-order valence-corrected chi connectivity index (χ2v) is 8.48. The quantitative estimate of drug-likeness (QED) is 0.214. The fourth-order valence-corrected chi connectivity index (χ4v) is 3.09. The molecular weight excluding hydrogens is 541 g/mol. The van der Waals surface area contributed by atoms with Gasteiger partial charge in [-0.05, 0) is 63.1 Å². The molecule has 2 heterocycles. The third kappa shape index (κ3) is 10.4. The van der Waals surface area contributed by atoms with Gasteiger partial charge in [0.2, 0.25) is 5.91 Å². The summed E-state index contributed by atoms with van der Waals surface area (Å²) >= 11 is 0. The molecule has 0 spiro atoms. The summed E-state index contributed by atoms with van der Waals surface area (Å²) < 4.78 is 36.8. The van der Waals surface area contributed by atoms with Gasteiger partial charge in [0, 0.05) is 23.2 Å². The number of fused-ring (bicyclic) bond motifs is 1. The van der Waals surface area contributed by atoms with Crippen molar-refractivity contribution < 1.29 is 32.6 Å². The van der Waals surface area contributed by atoms with Crippen LogP contribution in [0.2, 0.25) is 0 Å². The van der Waals surface area contributed by atoms with E-state index in [0.717, 1.165) is 58.2 Å². The Balaban J connectivity index is 0.000000228. The molecule has 13 heteroatoms. The highest BCUT2D eigenvalue weighted by Gasteiger charge is 2.38. The standard InChI is InChI=1S/C13H13N5.C11H13NO2.C2HF3O2.C2H6/c1-8-7-14-9(2)12(15-8)16-13-10-5-3-4-6-11(10)17-18-13;1-14-10-6-4-9(5-7-10)12-11(13)8-2-3-8;3-2(4,5)1(6)7;1-2/h3-7H,1-2H3,(H2,15,16,17,18);4-8H,2-3H2,1H3,(H,12,13);(H,6,7);1-2H3. The lowest BCUT2D eigenvalue weighted by Gasteiger charge is -2.06. The number of anilines is 3. The second-order valence-electron chi connectivity index (χ2n) is 8.48. The number of carboxylic acid groups (broad SMARTS) is 1. The molecule has 1 aliphatic rings. The number of aromatic nitrogens is 4. The minimum Gasteiger partial charge on any atom is -0.497 e. The number of aryl methyl sites for hydroxylation is 2. The van der Waals surface area contributed by atoms with E-state index in [1.165, 1.54) is 0 Å². The SMILES string of the molecule is CC.COc1ccc(NC(=O)C2CC2)cc1.Cc1cnc(C)c(Nc2n[nH]c3ccccc23)n1.O=C(O)C(F)(F)F. The Hall–Kier alpha value is -4.68. The van der Waals surface area contributed by atoms with E-state index in [-0.39, 0.29) is 11.8 Å². The fourth-order valence-electron chi connectivity index (χ4n) is 3.09. The first-order chi connectivity index (χ1) is 19.5. The van der Waals surface area contributed by atoms with Crippen LogP contribution >= 0.6 is 0 Å². The van der Waals surface area contributed by atoms with E-state index in [4.69, 9.17) is 14.6 Å². The first-order valence-electron chi connectivity index (χ1n) is 12.7. The number of methoxy groups -OCH3 is 1. The number of H-pyrrole nitrogens is 1. The number of ether oxygens (including phenoxy) is 1. The zero-order chi connectivity index (χ0) is 30.6. The smallest absolute Gasteiger partial charge is 0.490 e. The molecule has 0 bridgehead atoms. The number of carbonyl (C=O) groups is 2. The molecule has 220 valence electrons. The van der Waals surface area contributed by atoms with Crippen LogP contribution in [0.3, 0.4) is 0 Å². The van der Waals surface area contributed by atoms with Crippen LogP contribution in [0.25, 0.3) is 10.9 Å². The van der Waals surface area contributed by atoms with Crippen LogP contribution in [0.1, 0.15) is 38.1 Å². The number of alkyl halides is 3. The summed E-state index contributed by atoms with van der Waals surface area (Å²) in [6.45, 7) is 7.84. The van der Waals surface area contributed by atoms with Gasteiger partial charge in [0.15, 0.2) is 11.6 Å². The zero-order valence-corrected chi connectivity index (χ0v) is 23.3. The Morgan fingerprint density at radius 1 is 1.02 bits per heavy atom. The largest absolute Gasteiger partial charge is 0.497 e. The predicted molar refractivity (Wildman–Crippen MR) is 150 cm³/mol. The van der Waals surface area contributed by atoms with E-state index in [0.29, 0.717) is 0 Å². The van der Waals surface area contributed by atoms with Crippen molar-refractivity contribution in [3.8, 4) is 5.75 Å². The van der Waals surface area contributed by atoms with Gasteiger partial charge in [-0.15, -0.1) is 0 Å². The van der Waals surface area contributed by atoms with Crippen molar-refractivity contribution in [1.29, 1.82) is 0 Å². The van der Waals surface area contributed by atoms with E-state index in [1.807, 2.05) is 76.2 Å². The molecule has 1 fully saturated rings. The molecule has 2 aromatic carbocycles. The third-order valence-electron chi connectivity index (χ3n) is 5.33. The maximum absolute atomic E-state index is 11.4. The van der Waals surface area contributed by atoms with Gasteiger partial charge in [0.1, 0.15) is 5.75 Å². The average molecular weight is 575 g/mol. The van der Waals surface area contributed by atoms with Gasteiger partial charge >= 0.3 is 12.1 Å². The van der Waals surface area contributed by atoms with Gasteiger partial charge in [-0.3, -0.25) is 14.9 Å². The van der Waals surface area contributed by atoms with Crippen molar-refractivity contribution in [2.24, 2.45) is 5.92 Å². The van der Waals surface area contributed by atoms with E-state index in [1.54, 1.807) is 13.3 Å². The molecule has 0 saturated heterocycles. The fraction of sp³-hybridized carbons (Fsp3) is 0.321. The summed E-state index contributed by atoms with van der Waals surface area (Å²) in [6.07, 6.45) is -1.27. The number of carbonyl (C=O) groups excluding carboxylic acids is 1. The van der Waals surface area contributed by atoms with Crippen LogP contribution in [0.5, 0.6) is 5.75 Å². The van der Waals surface area contributed by atoms with Gasteiger partial charge in [-0.1, -0.05) is 26.0 Å². The molecule has 2 aromatic heterocycles. The topological polar surface area (TPSA) is 142 Å². The molecule has 5 rings (SSSR count). The van der Waals surface area contributed by atoms with Crippen LogP contribution in [0.15, 0.2) is 54.7 Å². The molecule has 10 nitrogen and oxygen atoms in total. The number of aliphatic carboxylic acids is 1. The van der Waals surface area contributed by atoms with Gasteiger partial charge in [0.05, 0.1) is 24.0 Å². The number of aromatic amines is 1. The number of hydrogen-bond donors (Lipinski definition) is 4. The minimum absolute atomic E-state index is 0.134. The molecule has 1 amide bonds. The molecule has 41 heavy (non-hydrogen) atoms. The van der Waals surface area contributed by atoms with E-state index >= 15 is 0 Å². The first-order valence-corrected chi connectivity index (χ1v) is 12.7. The number of hydrogen-bond acceptors (Lipinski definition) is 7. The molecular formula is C28H33F3N6O4. The number of benzene rings is 2. The average Bonchev–Trinajstić information content (AvgIpc) is 3.74. The Morgan fingerprint density at radius 2 is 1.63 bits per heavy atom. The van der Waals surface area contributed by atoms with Gasteiger partial charge in [-0.25, -0.2) is 9.78 Å². The Labute approximate surface area is 235 Å². The highest BCUT2D eigenvalue weighted by Crippen LogP contribution is 2.30. The molecule has 0 aliphatic heterocycles. The van der Waals surface area contributed by atoms with Crippen LogP contribution in [0, 0.1) is 19.8 Å². The predicted octanol–water partition coefficient (Wildman–Crippen LogP) is 6.42. The van der Waals surface area contributed by atoms with Crippen molar-refractivity contribution in [1.82, 2.24) is 20.2 Å². The van der Waals surface area contributed by atoms with Crippen molar-refractivity contribution >= 4 is 40.1 Å². The van der Waals surface area contributed by atoms with E-state index < -0.39 is 12.1 Å². The lowest BCUT2D eigenvalue weighted by molar-refractivity contribution is -0.192. The summed E-state index contributed by atoms with van der Waals surface area (Å²) in [5.41, 5.74) is 3.57. The van der Waals surface area contributed by atoms with Crippen LogP contribution < -0.4 is 15.4 Å². The van der Waals surface area contributed by atoms with Crippen LogP contribution in [-0.2, 0) is 9.59 Å². The maximum Gasteiger partial charge on any atom is 0.490 e. The highest BCUT2D eigenvalue weighted by atomic mass is 19.4. The summed E-state index contributed by atoms with van der Waals surface area (Å²) in [5, 5.41) is 21.5. The summed E-state index contributed by atoms with van der Waals surface area (Å²) in [6, 6.07) is 15.3. The highest BCUT2D eigenvalue weighted by molar-refractivity contribution is 5.94. The lowest BCUT2D eigenvalue weighted by atomic mass is 10.2. The number of rotatable bonds is 5. The van der Waals surface area contributed by atoms with E-state index in [9.17, 15) is 18.0 Å². The van der Waals surface area contributed by atoms with Crippen molar-refractivity contribution in [3.05, 3.63) is 66.1 Å². The maximum atomic E-state index is 11.4. The number of nitrogens with one attached hydrogen (secondary N) is 3. The summed E-state index contributed by atoms with van der Waals surface area (Å²) in [5.74, 6) is -0.0601. The number of amides is 1. The Bertz CT molecular complexity index is 1420. The number of carboxylic acids is 1. The van der Waals surface area contributed by atoms with Gasteiger partial charge < -0.3 is 20.5 Å². The Morgan fingerprint density at radius 3 is 2.20 bits per heavy atom. The first kappa shape index (κ1) is 32.5. The second kappa shape index (κ2) is 15.2. The molecule has 4 N–H and O–H groups in total. The molecule has 0 unspecified atom stereocenters. The van der Waals surface area contributed by atoms with Crippen LogP contribution in [-0.4, -0.2) is 50.4 Å². The van der Waals surface area contributed by atoms with Crippen molar-refractivity contribution in [2.75, 3.05) is 17.7 Å². The number of para-hydroxylation sites is 1. The monoisotopic (exact) mass is 574 g/mol. The molecule has 4 aromatic rings. The van der Waals surface area contributed by atoms with Crippen molar-refractivity contribution in [3.63, 3.8) is 0 Å². The molecule has 0 atom stereocenters. The van der Waals surface area contributed by atoms with Gasteiger partial charge in [0.25, 0.3) is 0 Å². The molecule has 1 aliphatic carbocycles. The zero-order valence-electron chi connectivity index (χ0n) is 23.3. The van der Waals surface area contributed by atoms with E-state index in [2.05, 4.69) is 30.8 Å². The number of halogens is 3. The molecule has 0 radical (unpaired) electrons. The normalized spacial score (nSPS) is 11.9. The summed E-state index contributed by atoms with van der Waals surface area (Å²) in [4.78, 5) is 29.0. The van der Waals surface area contributed by atoms with Gasteiger partial charge in [-0.2, -0.15) is 18.3 Å². The lowest BCUT2D eigenvalue weighted by Crippen LogP contribution is -2.21. The number of nitrogens with zero attached hydrogens (tertiary/aromatic N) is 3.